The fourth-order valence-electron chi connectivity index (χ4n) is 4.83. The van der Waals surface area contributed by atoms with Crippen LogP contribution in [0.25, 0.3) is 0 Å². The van der Waals surface area contributed by atoms with Gasteiger partial charge in [-0.25, -0.2) is 17.8 Å². The van der Waals surface area contributed by atoms with Gasteiger partial charge in [0.2, 0.25) is 0 Å². The van der Waals surface area contributed by atoms with Crippen molar-refractivity contribution in [1.82, 2.24) is 19.1 Å². The first kappa shape index (κ1) is 24.7. The molecule has 3 heterocycles. The number of Topliss-reactive ketones (excluding diaryl/α,β-unsaturated/α-hetero) is 1. The highest BCUT2D eigenvalue weighted by Crippen LogP contribution is 2.47. The van der Waals surface area contributed by atoms with Crippen molar-refractivity contribution >= 4 is 27.2 Å². The minimum Gasteiger partial charge on any atom is -0.404 e. The van der Waals surface area contributed by atoms with Gasteiger partial charge in [-0.15, -0.1) is 0 Å². The molecule has 0 saturated carbocycles. The molecule has 0 unspecified atom stereocenters. The van der Waals surface area contributed by atoms with E-state index in [1.165, 1.54) is 39.6 Å². The number of sulfonamides is 1. The third kappa shape index (κ3) is 4.51. The molecule has 190 valence electrons. The SMILES string of the molecule is Cn1ccc(S(=O)(=O)N2CCC3=CC(=Nc4ccc(F)cc4)C(=CN)C[C@]3(C(=O)c3ccccn3)C2)n1. The second-order valence-electron chi connectivity index (χ2n) is 9.05. The van der Waals surface area contributed by atoms with Crippen LogP contribution >= 0.6 is 0 Å². The zero-order valence-electron chi connectivity index (χ0n) is 20.1. The Labute approximate surface area is 213 Å². The molecule has 5 rings (SSSR count). The molecule has 3 aromatic rings. The van der Waals surface area contributed by atoms with Crippen molar-refractivity contribution in [2.24, 2.45) is 23.2 Å². The number of nitrogens with zero attached hydrogens (tertiary/aromatic N) is 5. The van der Waals surface area contributed by atoms with E-state index in [0.717, 1.165) is 5.57 Å². The molecule has 37 heavy (non-hydrogen) atoms. The number of hydrogen-bond acceptors (Lipinski definition) is 7. The van der Waals surface area contributed by atoms with Crippen LogP contribution in [0.4, 0.5) is 10.1 Å². The predicted molar refractivity (Wildman–Crippen MR) is 136 cm³/mol. The van der Waals surface area contributed by atoms with Crippen LogP contribution < -0.4 is 5.73 Å². The van der Waals surface area contributed by atoms with E-state index < -0.39 is 15.4 Å². The number of nitrogens with two attached hydrogens (primary N) is 1. The largest absolute Gasteiger partial charge is 0.404 e. The van der Waals surface area contributed by atoms with Crippen molar-refractivity contribution in [2.45, 2.75) is 17.9 Å². The number of rotatable bonds is 5. The number of fused-ring (bicyclic) bond motifs is 1. The van der Waals surface area contributed by atoms with Gasteiger partial charge in [0.15, 0.2) is 10.8 Å². The molecule has 2 N–H and O–H groups in total. The Morgan fingerprint density at radius 2 is 1.97 bits per heavy atom. The molecule has 0 amide bonds. The van der Waals surface area contributed by atoms with Gasteiger partial charge in [0, 0.05) is 32.5 Å². The highest BCUT2D eigenvalue weighted by molar-refractivity contribution is 7.89. The Morgan fingerprint density at radius 1 is 1.19 bits per heavy atom. The lowest BCUT2D eigenvalue weighted by molar-refractivity contribution is 0.0770. The maximum absolute atomic E-state index is 14.0. The Kier molecular flexibility index (Phi) is 6.34. The summed E-state index contributed by atoms with van der Waals surface area (Å²) in [6.07, 6.45) is 6.73. The molecule has 0 spiro atoms. The van der Waals surface area contributed by atoms with Gasteiger partial charge in [0.05, 0.1) is 16.8 Å². The standard InChI is InChI=1S/C26H25FN6O3S/c1-32-12-10-24(31-32)37(35,36)33-13-9-19-14-23(30-21-7-5-20(27)6-8-21)18(16-28)15-26(19,17-33)25(34)22-4-2-3-11-29-22/h2-8,10-12,14,16H,9,13,15,17,28H2,1H3/t26-/m0/s1. The zero-order valence-corrected chi connectivity index (χ0v) is 20.9. The summed E-state index contributed by atoms with van der Waals surface area (Å²) >= 11 is 0. The molecule has 1 aromatic carbocycles. The number of halogens is 1. The average Bonchev–Trinajstić information content (AvgIpc) is 3.36. The van der Waals surface area contributed by atoms with Gasteiger partial charge in [-0.2, -0.15) is 9.40 Å². The molecule has 1 aliphatic carbocycles. The maximum atomic E-state index is 14.0. The second kappa shape index (κ2) is 9.49. The third-order valence-electron chi connectivity index (χ3n) is 6.73. The van der Waals surface area contributed by atoms with Crippen LogP contribution in [0.2, 0.25) is 0 Å². The number of aliphatic imine (C=N–C) groups is 1. The number of carbonyl (C=O) groups excluding carboxylic acids is 1. The number of aromatic nitrogens is 3. The number of benzene rings is 1. The van der Waals surface area contributed by atoms with Gasteiger partial charge < -0.3 is 5.73 Å². The number of allylic oxidation sites excluding steroid dienone is 2. The summed E-state index contributed by atoms with van der Waals surface area (Å²) in [5.74, 6) is -0.664. The van der Waals surface area contributed by atoms with E-state index in [1.807, 2.05) is 0 Å². The smallest absolute Gasteiger partial charge is 0.262 e. The first-order chi connectivity index (χ1) is 17.7. The Balaban J connectivity index is 1.62. The third-order valence-corrected chi connectivity index (χ3v) is 8.46. The minimum atomic E-state index is -3.95. The fourth-order valence-corrected chi connectivity index (χ4v) is 6.28. The van der Waals surface area contributed by atoms with E-state index in [2.05, 4.69) is 15.1 Å². The van der Waals surface area contributed by atoms with Crippen LogP contribution in [-0.4, -0.2) is 52.1 Å². The first-order valence-electron chi connectivity index (χ1n) is 11.6. The topological polar surface area (TPSA) is 124 Å². The van der Waals surface area contributed by atoms with E-state index in [4.69, 9.17) is 5.73 Å². The van der Waals surface area contributed by atoms with Gasteiger partial charge >= 0.3 is 0 Å². The molecular weight excluding hydrogens is 495 g/mol. The molecule has 1 atom stereocenters. The molecule has 2 aromatic heterocycles. The quantitative estimate of drug-likeness (QED) is 0.516. The van der Waals surface area contributed by atoms with Crippen LogP contribution in [0.3, 0.4) is 0 Å². The summed E-state index contributed by atoms with van der Waals surface area (Å²) < 4.78 is 43.1. The van der Waals surface area contributed by atoms with E-state index >= 15 is 0 Å². The summed E-state index contributed by atoms with van der Waals surface area (Å²) in [5, 5.41) is 4.00. The molecule has 0 bridgehead atoms. The lowest BCUT2D eigenvalue weighted by Crippen LogP contribution is -2.53. The lowest BCUT2D eigenvalue weighted by Gasteiger charge is -2.45. The van der Waals surface area contributed by atoms with Crippen molar-refractivity contribution < 1.29 is 17.6 Å². The Morgan fingerprint density at radius 3 is 2.62 bits per heavy atom. The van der Waals surface area contributed by atoms with Crippen molar-refractivity contribution in [3.8, 4) is 0 Å². The van der Waals surface area contributed by atoms with E-state index in [-0.39, 0.29) is 41.8 Å². The molecule has 11 heteroatoms. The fraction of sp³-hybridized carbons (Fsp3) is 0.231. The van der Waals surface area contributed by atoms with Gasteiger partial charge in [-0.1, -0.05) is 11.6 Å². The van der Waals surface area contributed by atoms with Gasteiger partial charge in [-0.05, 0) is 73.2 Å². The molecule has 1 saturated heterocycles. The number of pyridine rings is 1. The van der Waals surface area contributed by atoms with Crippen molar-refractivity contribution in [1.29, 1.82) is 0 Å². The van der Waals surface area contributed by atoms with Crippen LogP contribution in [0, 0.1) is 11.2 Å². The number of ketones is 1. The number of hydrogen-bond donors (Lipinski definition) is 1. The molecule has 0 radical (unpaired) electrons. The monoisotopic (exact) mass is 520 g/mol. The summed E-state index contributed by atoms with van der Waals surface area (Å²) in [4.78, 5) is 22.9. The second-order valence-corrected chi connectivity index (χ2v) is 10.9. The lowest BCUT2D eigenvalue weighted by atomic mass is 9.64. The predicted octanol–water partition coefficient (Wildman–Crippen LogP) is 3.16. The van der Waals surface area contributed by atoms with E-state index in [0.29, 0.717) is 23.4 Å². The van der Waals surface area contributed by atoms with Crippen molar-refractivity contribution in [3.05, 3.63) is 95.9 Å². The van der Waals surface area contributed by atoms with Gasteiger partial charge in [0.1, 0.15) is 11.5 Å². The van der Waals surface area contributed by atoms with E-state index in [1.54, 1.807) is 49.7 Å². The summed E-state index contributed by atoms with van der Waals surface area (Å²) in [6, 6.07) is 12.2. The summed E-state index contributed by atoms with van der Waals surface area (Å²) in [5.41, 5.74) is 7.43. The molecule has 9 nitrogen and oxygen atoms in total. The van der Waals surface area contributed by atoms with Gasteiger partial charge in [-0.3, -0.25) is 14.5 Å². The number of carbonyl (C=O) groups is 1. The summed E-state index contributed by atoms with van der Waals surface area (Å²) in [7, 11) is -2.31. The number of piperidine rings is 1. The number of aryl methyl sites for hydroxylation is 1. The molecular formula is C26H25FN6O3S. The highest BCUT2D eigenvalue weighted by atomic mass is 32.2. The molecule has 2 aliphatic rings. The zero-order chi connectivity index (χ0) is 26.2. The first-order valence-corrected chi connectivity index (χ1v) is 13.1. The van der Waals surface area contributed by atoms with Crippen LogP contribution in [0.5, 0.6) is 0 Å². The Bertz CT molecular complexity index is 1540. The van der Waals surface area contributed by atoms with Crippen LogP contribution in [0.15, 0.2) is 94.4 Å². The molecule has 1 aliphatic heterocycles. The summed E-state index contributed by atoms with van der Waals surface area (Å²) in [6.45, 7) is 0.0851. The minimum absolute atomic E-state index is 0.0770. The van der Waals surface area contributed by atoms with Gasteiger partial charge in [0.25, 0.3) is 10.0 Å². The van der Waals surface area contributed by atoms with Crippen LogP contribution in [-0.2, 0) is 17.1 Å². The van der Waals surface area contributed by atoms with E-state index in [9.17, 15) is 17.6 Å². The Hall–Kier alpha value is -3.96. The van der Waals surface area contributed by atoms with Crippen LogP contribution in [0.1, 0.15) is 23.3 Å². The highest BCUT2D eigenvalue weighted by Gasteiger charge is 2.51. The maximum Gasteiger partial charge on any atom is 0.262 e. The van der Waals surface area contributed by atoms with Crippen molar-refractivity contribution in [3.63, 3.8) is 0 Å². The normalized spacial score (nSPS) is 22.6. The van der Waals surface area contributed by atoms with Crippen molar-refractivity contribution in [2.75, 3.05) is 13.1 Å². The average molecular weight is 521 g/mol. The molecule has 1 fully saturated rings.